The SMILES string of the molecule is Cc1nc(CC(=O)N2CCC[C@H]2C(=O)O)oc1C. The van der Waals surface area contributed by atoms with Gasteiger partial charge in [-0.2, -0.15) is 0 Å². The van der Waals surface area contributed by atoms with Crippen LogP contribution in [0, 0.1) is 13.8 Å². The largest absolute Gasteiger partial charge is 0.480 e. The van der Waals surface area contributed by atoms with Crippen LogP contribution in [-0.2, 0) is 16.0 Å². The van der Waals surface area contributed by atoms with E-state index in [4.69, 9.17) is 9.52 Å². The first kappa shape index (κ1) is 12.6. The number of amides is 1. The molecule has 2 heterocycles. The molecule has 0 bridgehead atoms. The van der Waals surface area contributed by atoms with Crippen molar-refractivity contribution in [3.63, 3.8) is 0 Å². The van der Waals surface area contributed by atoms with E-state index in [0.717, 1.165) is 12.1 Å². The van der Waals surface area contributed by atoms with Crippen LogP contribution in [0.3, 0.4) is 0 Å². The predicted octanol–water partition coefficient (Wildman–Crippen LogP) is 0.910. The van der Waals surface area contributed by atoms with Gasteiger partial charge in [0.1, 0.15) is 18.2 Å². The Labute approximate surface area is 105 Å². The molecule has 18 heavy (non-hydrogen) atoms. The first-order chi connectivity index (χ1) is 8.49. The maximum atomic E-state index is 12.0. The molecule has 1 amide bonds. The number of carboxylic acids is 1. The van der Waals surface area contributed by atoms with Crippen molar-refractivity contribution in [3.05, 3.63) is 17.3 Å². The van der Waals surface area contributed by atoms with Gasteiger partial charge in [0.15, 0.2) is 0 Å². The molecular formula is C12H16N2O4. The van der Waals surface area contributed by atoms with Crippen LogP contribution >= 0.6 is 0 Å². The number of carboxylic acid groups (broad SMARTS) is 1. The fourth-order valence-corrected chi connectivity index (χ4v) is 2.17. The molecule has 0 spiro atoms. The first-order valence-corrected chi connectivity index (χ1v) is 5.94. The fourth-order valence-electron chi connectivity index (χ4n) is 2.17. The van der Waals surface area contributed by atoms with Gasteiger partial charge in [-0.05, 0) is 26.7 Å². The Bertz CT molecular complexity index is 461. The molecule has 1 aliphatic rings. The van der Waals surface area contributed by atoms with Crippen LogP contribution in [0.15, 0.2) is 4.42 Å². The second kappa shape index (κ2) is 4.80. The van der Waals surface area contributed by atoms with E-state index in [9.17, 15) is 9.59 Å². The molecule has 1 fully saturated rings. The molecule has 1 aromatic heterocycles. The number of rotatable bonds is 3. The van der Waals surface area contributed by atoms with Gasteiger partial charge in [-0.1, -0.05) is 0 Å². The fraction of sp³-hybridized carbons (Fsp3) is 0.583. The molecule has 1 saturated heterocycles. The maximum absolute atomic E-state index is 12.0. The Morgan fingerprint density at radius 1 is 1.50 bits per heavy atom. The Hall–Kier alpha value is -1.85. The maximum Gasteiger partial charge on any atom is 0.326 e. The monoisotopic (exact) mass is 252 g/mol. The molecule has 0 saturated carbocycles. The van der Waals surface area contributed by atoms with Gasteiger partial charge in [-0.3, -0.25) is 4.79 Å². The zero-order chi connectivity index (χ0) is 13.3. The van der Waals surface area contributed by atoms with E-state index in [2.05, 4.69) is 4.98 Å². The summed E-state index contributed by atoms with van der Waals surface area (Å²) in [7, 11) is 0. The summed E-state index contributed by atoms with van der Waals surface area (Å²) in [4.78, 5) is 28.5. The minimum Gasteiger partial charge on any atom is -0.480 e. The standard InChI is InChI=1S/C12H16N2O4/c1-7-8(2)18-10(13-7)6-11(15)14-5-3-4-9(14)12(16)17/h9H,3-6H2,1-2H3,(H,16,17)/t9-/m0/s1. The second-order valence-electron chi connectivity index (χ2n) is 4.51. The molecule has 98 valence electrons. The Morgan fingerprint density at radius 3 is 2.78 bits per heavy atom. The third-order valence-electron chi connectivity index (χ3n) is 3.23. The number of nitrogens with zero attached hydrogens (tertiary/aromatic N) is 2. The number of aliphatic carboxylic acids is 1. The summed E-state index contributed by atoms with van der Waals surface area (Å²) in [5, 5.41) is 9.01. The highest BCUT2D eigenvalue weighted by atomic mass is 16.4. The number of aromatic nitrogens is 1. The summed E-state index contributed by atoms with van der Waals surface area (Å²) >= 11 is 0. The zero-order valence-corrected chi connectivity index (χ0v) is 10.5. The molecule has 1 aliphatic heterocycles. The minimum absolute atomic E-state index is 0.0262. The van der Waals surface area contributed by atoms with Gasteiger partial charge < -0.3 is 14.4 Å². The minimum atomic E-state index is -0.944. The van der Waals surface area contributed by atoms with Crippen molar-refractivity contribution in [2.24, 2.45) is 0 Å². The van der Waals surface area contributed by atoms with Gasteiger partial charge >= 0.3 is 5.97 Å². The molecule has 0 unspecified atom stereocenters. The number of carbonyl (C=O) groups excluding carboxylic acids is 1. The molecule has 6 nitrogen and oxygen atoms in total. The number of carbonyl (C=O) groups is 2. The van der Waals surface area contributed by atoms with Crippen molar-refractivity contribution in [2.45, 2.75) is 39.2 Å². The van der Waals surface area contributed by atoms with Crippen LogP contribution in [0.2, 0.25) is 0 Å². The molecule has 0 aliphatic carbocycles. The van der Waals surface area contributed by atoms with Crippen LogP contribution in [0.4, 0.5) is 0 Å². The molecule has 6 heteroatoms. The van der Waals surface area contributed by atoms with E-state index in [-0.39, 0.29) is 12.3 Å². The number of oxazole rings is 1. The Kier molecular flexibility index (Phi) is 3.36. The van der Waals surface area contributed by atoms with Gasteiger partial charge in [0, 0.05) is 6.54 Å². The van der Waals surface area contributed by atoms with Crippen molar-refractivity contribution in [2.75, 3.05) is 6.54 Å². The van der Waals surface area contributed by atoms with E-state index < -0.39 is 12.0 Å². The van der Waals surface area contributed by atoms with E-state index in [1.165, 1.54) is 4.90 Å². The molecule has 1 aromatic rings. The van der Waals surface area contributed by atoms with Crippen LogP contribution in [0.1, 0.15) is 30.2 Å². The quantitative estimate of drug-likeness (QED) is 0.864. The topological polar surface area (TPSA) is 83.6 Å². The number of likely N-dealkylation sites (tertiary alicyclic amines) is 1. The first-order valence-electron chi connectivity index (χ1n) is 5.94. The van der Waals surface area contributed by atoms with E-state index >= 15 is 0 Å². The van der Waals surface area contributed by atoms with Gasteiger partial charge in [-0.15, -0.1) is 0 Å². The average molecular weight is 252 g/mol. The van der Waals surface area contributed by atoms with Crippen molar-refractivity contribution in [1.29, 1.82) is 0 Å². The molecule has 1 N–H and O–H groups in total. The molecule has 2 rings (SSSR count). The lowest BCUT2D eigenvalue weighted by Gasteiger charge is -2.20. The highest BCUT2D eigenvalue weighted by Gasteiger charge is 2.34. The van der Waals surface area contributed by atoms with Crippen molar-refractivity contribution >= 4 is 11.9 Å². The summed E-state index contributed by atoms with van der Waals surface area (Å²) < 4.78 is 5.33. The zero-order valence-electron chi connectivity index (χ0n) is 10.5. The highest BCUT2D eigenvalue weighted by Crippen LogP contribution is 2.19. The van der Waals surface area contributed by atoms with Crippen LogP contribution in [-0.4, -0.2) is 39.5 Å². The third-order valence-corrected chi connectivity index (χ3v) is 3.23. The Morgan fingerprint density at radius 2 is 2.22 bits per heavy atom. The van der Waals surface area contributed by atoms with Crippen LogP contribution in [0.5, 0.6) is 0 Å². The van der Waals surface area contributed by atoms with E-state index in [1.807, 2.05) is 6.92 Å². The van der Waals surface area contributed by atoms with Gasteiger partial charge in [0.05, 0.1) is 5.69 Å². The second-order valence-corrected chi connectivity index (χ2v) is 4.51. The van der Waals surface area contributed by atoms with E-state index in [1.54, 1.807) is 6.92 Å². The van der Waals surface area contributed by atoms with Gasteiger partial charge in [0.2, 0.25) is 11.8 Å². The highest BCUT2D eigenvalue weighted by molar-refractivity contribution is 5.85. The Balaban J connectivity index is 2.05. The molecular weight excluding hydrogens is 236 g/mol. The molecule has 0 radical (unpaired) electrons. The number of aryl methyl sites for hydroxylation is 2. The molecule has 0 aromatic carbocycles. The summed E-state index contributed by atoms with van der Waals surface area (Å²) in [6.45, 7) is 4.09. The summed E-state index contributed by atoms with van der Waals surface area (Å²) in [6, 6.07) is -0.699. The lowest BCUT2D eigenvalue weighted by Crippen LogP contribution is -2.41. The average Bonchev–Trinajstić information content (AvgIpc) is 2.86. The smallest absolute Gasteiger partial charge is 0.326 e. The van der Waals surface area contributed by atoms with Gasteiger partial charge in [0.25, 0.3) is 0 Å². The number of hydrogen-bond acceptors (Lipinski definition) is 4. The van der Waals surface area contributed by atoms with Crippen LogP contribution < -0.4 is 0 Å². The summed E-state index contributed by atoms with van der Waals surface area (Å²) in [5.74, 6) is -0.137. The van der Waals surface area contributed by atoms with Crippen LogP contribution in [0.25, 0.3) is 0 Å². The van der Waals surface area contributed by atoms with E-state index in [0.29, 0.717) is 24.6 Å². The number of hydrogen-bond donors (Lipinski definition) is 1. The lowest BCUT2D eigenvalue weighted by molar-refractivity contribution is -0.148. The van der Waals surface area contributed by atoms with Crippen molar-refractivity contribution in [3.8, 4) is 0 Å². The summed E-state index contributed by atoms with van der Waals surface area (Å²) in [6.07, 6.45) is 1.27. The van der Waals surface area contributed by atoms with Crippen molar-refractivity contribution < 1.29 is 19.1 Å². The third kappa shape index (κ3) is 2.37. The predicted molar refractivity (Wildman–Crippen MR) is 62.1 cm³/mol. The summed E-state index contributed by atoms with van der Waals surface area (Å²) in [5.41, 5.74) is 0.758. The normalized spacial score (nSPS) is 19.2. The van der Waals surface area contributed by atoms with Gasteiger partial charge in [-0.25, -0.2) is 9.78 Å². The van der Waals surface area contributed by atoms with Crippen molar-refractivity contribution in [1.82, 2.24) is 9.88 Å². The lowest BCUT2D eigenvalue weighted by atomic mass is 10.2. The molecule has 1 atom stereocenters.